The van der Waals surface area contributed by atoms with Crippen LogP contribution >= 0.6 is 0 Å². The fourth-order valence-corrected chi connectivity index (χ4v) is 2.35. The summed E-state index contributed by atoms with van der Waals surface area (Å²) in [7, 11) is 0. The van der Waals surface area contributed by atoms with Crippen molar-refractivity contribution in [2.75, 3.05) is 24.6 Å². The summed E-state index contributed by atoms with van der Waals surface area (Å²) in [4.78, 5) is 14.2. The summed E-state index contributed by atoms with van der Waals surface area (Å²) in [6, 6.07) is 1.66. The molecule has 0 radical (unpaired) electrons. The van der Waals surface area contributed by atoms with Crippen LogP contribution in [0, 0.1) is 11.8 Å². The third-order valence-corrected chi connectivity index (χ3v) is 3.80. The van der Waals surface area contributed by atoms with Gasteiger partial charge in [-0.25, -0.2) is 4.68 Å². The van der Waals surface area contributed by atoms with E-state index in [-0.39, 0.29) is 18.1 Å². The number of hydrogen-bond acceptors (Lipinski definition) is 4. The van der Waals surface area contributed by atoms with E-state index >= 15 is 0 Å². The summed E-state index contributed by atoms with van der Waals surface area (Å²) in [5.74, 6) is 0.821. The second kappa shape index (κ2) is 6.19. The number of aromatic nitrogens is 2. The zero-order valence-corrected chi connectivity index (χ0v) is 11.7. The van der Waals surface area contributed by atoms with Crippen molar-refractivity contribution in [3.05, 3.63) is 22.6 Å². The van der Waals surface area contributed by atoms with Crippen molar-refractivity contribution in [2.24, 2.45) is 11.8 Å². The highest BCUT2D eigenvalue weighted by Gasteiger charge is 2.17. The maximum Gasteiger partial charge on any atom is 0.268 e. The maximum atomic E-state index is 12.0. The third kappa shape index (κ3) is 3.56. The van der Waals surface area contributed by atoms with Gasteiger partial charge in [-0.05, 0) is 24.7 Å². The second-order valence-corrected chi connectivity index (χ2v) is 5.69. The normalized spacial score (nSPS) is 18.6. The molecule has 2 heterocycles. The molecule has 1 aromatic rings. The number of rotatable bonds is 4. The van der Waals surface area contributed by atoms with Crippen molar-refractivity contribution >= 4 is 5.69 Å². The Balaban J connectivity index is 2.08. The Bertz CT molecular complexity index is 464. The van der Waals surface area contributed by atoms with Crippen molar-refractivity contribution in [1.29, 1.82) is 0 Å². The monoisotopic (exact) mass is 265 g/mol. The molecule has 1 aliphatic rings. The predicted octanol–water partition coefficient (Wildman–Crippen LogP) is 1.11. The largest absolute Gasteiger partial charge is 0.396 e. The van der Waals surface area contributed by atoms with Crippen LogP contribution < -0.4 is 10.5 Å². The molecule has 106 valence electrons. The standard InChI is InChI=1S/C14H23N3O2/c1-11-3-5-16(6-4-11)13-7-14(19)17(15-8-13)9-12(2)10-18/h7-8,11-12,18H,3-6,9-10H2,1-2H3. The molecule has 0 aromatic carbocycles. The molecule has 5 heteroatoms. The minimum Gasteiger partial charge on any atom is -0.396 e. The van der Waals surface area contributed by atoms with Crippen molar-refractivity contribution in [1.82, 2.24) is 9.78 Å². The molecule has 1 atom stereocenters. The van der Waals surface area contributed by atoms with Gasteiger partial charge in [0.15, 0.2) is 0 Å². The Kier molecular flexibility index (Phi) is 4.58. The van der Waals surface area contributed by atoms with Gasteiger partial charge in [-0.3, -0.25) is 4.79 Å². The van der Waals surface area contributed by atoms with Crippen molar-refractivity contribution in [2.45, 2.75) is 33.2 Å². The van der Waals surface area contributed by atoms with E-state index in [2.05, 4.69) is 16.9 Å². The molecule has 0 spiro atoms. The molecule has 0 amide bonds. The molecule has 1 fully saturated rings. The SMILES string of the molecule is CC1CCN(c2cnn(CC(C)CO)c(=O)c2)CC1. The van der Waals surface area contributed by atoms with Gasteiger partial charge in [0, 0.05) is 32.3 Å². The number of aliphatic hydroxyl groups excluding tert-OH is 1. The van der Waals surface area contributed by atoms with Crippen LogP contribution in [0.2, 0.25) is 0 Å². The summed E-state index contributed by atoms with van der Waals surface area (Å²) in [5.41, 5.74) is 0.834. The quantitative estimate of drug-likeness (QED) is 0.886. The average Bonchev–Trinajstić information content (AvgIpc) is 2.41. The first-order valence-electron chi connectivity index (χ1n) is 7.03. The number of hydrogen-bond donors (Lipinski definition) is 1. The Morgan fingerprint density at radius 2 is 2.16 bits per heavy atom. The molecule has 0 bridgehead atoms. The molecule has 19 heavy (non-hydrogen) atoms. The Morgan fingerprint density at radius 1 is 1.47 bits per heavy atom. The van der Waals surface area contributed by atoms with Crippen LogP contribution in [0.5, 0.6) is 0 Å². The van der Waals surface area contributed by atoms with Gasteiger partial charge >= 0.3 is 0 Å². The minimum absolute atomic E-state index is 0.0480. The maximum absolute atomic E-state index is 12.0. The topological polar surface area (TPSA) is 58.4 Å². The molecule has 1 aliphatic heterocycles. The van der Waals surface area contributed by atoms with E-state index in [1.165, 1.54) is 17.5 Å². The fourth-order valence-electron chi connectivity index (χ4n) is 2.35. The van der Waals surface area contributed by atoms with Crippen molar-refractivity contribution in [3.8, 4) is 0 Å². The zero-order valence-electron chi connectivity index (χ0n) is 11.7. The summed E-state index contributed by atoms with van der Waals surface area (Å²) < 4.78 is 1.43. The van der Waals surface area contributed by atoms with E-state index in [0.717, 1.165) is 24.7 Å². The molecule has 1 unspecified atom stereocenters. The number of nitrogens with zero attached hydrogens (tertiary/aromatic N) is 3. The van der Waals surface area contributed by atoms with E-state index in [1.54, 1.807) is 12.3 Å². The summed E-state index contributed by atoms with van der Waals surface area (Å²) in [5, 5.41) is 13.2. The molecular weight excluding hydrogens is 242 g/mol. The smallest absolute Gasteiger partial charge is 0.268 e. The van der Waals surface area contributed by atoms with Gasteiger partial charge < -0.3 is 10.0 Å². The Hall–Kier alpha value is -1.36. The number of anilines is 1. The third-order valence-electron chi connectivity index (χ3n) is 3.80. The summed E-state index contributed by atoms with van der Waals surface area (Å²) in [6.07, 6.45) is 4.11. The summed E-state index contributed by atoms with van der Waals surface area (Å²) >= 11 is 0. The van der Waals surface area contributed by atoms with Crippen LogP contribution in [0.15, 0.2) is 17.1 Å². The van der Waals surface area contributed by atoms with E-state index in [0.29, 0.717) is 6.54 Å². The van der Waals surface area contributed by atoms with Gasteiger partial charge in [0.25, 0.3) is 5.56 Å². The lowest BCUT2D eigenvalue weighted by Crippen LogP contribution is -2.35. The van der Waals surface area contributed by atoms with Crippen molar-refractivity contribution in [3.63, 3.8) is 0 Å². The van der Waals surface area contributed by atoms with Gasteiger partial charge in [-0.15, -0.1) is 0 Å². The van der Waals surface area contributed by atoms with Crippen LogP contribution in [0.1, 0.15) is 26.7 Å². The van der Waals surface area contributed by atoms with E-state index < -0.39 is 0 Å². The molecule has 5 nitrogen and oxygen atoms in total. The first kappa shape index (κ1) is 14.1. The lowest BCUT2D eigenvalue weighted by Gasteiger charge is -2.31. The minimum atomic E-state index is -0.0866. The van der Waals surface area contributed by atoms with Gasteiger partial charge in [0.2, 0.25) is 0 Å². The Labute approximate surface area is 113 Å². The number of piperidine rings is 1. The van der Waals surface area contributed by atoms with E-state index in [4.69, 9.17) is 5.11 Å². The molecule has 1 aromatic heterocycles. The fraction of sp³-hybridized carbons (Fsp3) is 0.714. The average molecular weight is 265 g/mol. The lowest BCUT2D eigenvalue weighted by atomic mass is 9.99. The van der Waals surface area contributed by atoms with Crippen LogP contribution in [0.25, 0.3) is 0 Å². The number of aliphatic hydroxyl groups is 1. The second-order valence-electron chi connectivity index (χ2n) is 5.69. The molecule has 0 aliphatic carbocycles. The highest BCUT2D eigenvalue weighted by Crippen LogP contribution is 2.20. The molecule has 0 saturated carbocycles. The summed E-state index contributed by atoms with van der Waals surface area (Å²) in [6.45, 7) is 6.70. The molecule has 1 saturated heterocycles. The van der Waals surface area contributed by atoms with E-state index in [1.807, 2.05) is 6.92 Å². The van der Waals surface area contributed by atoms with Crippen molar-refractivity contribution < 1.29 is 5.11 Å². The van der Waals surface area contributed by atoms with Gasteiger partial charge in [-0.1, -0.05) is 13.8 Å². The van der Waals surface area contributed by atoms with E-state index in [9.17, 15) is 4.79 Å². The van der Waals surface area contributed by atoms with Gasteiger partial charge in [0.05, 0.1) is 11.9 Å². The molecule has 1 N–H and O–H groups in total. The van der Waals surface area contributed by atoms with Crippen LogP contribution in [-0.4, -0.2) is 34.6 Å². The highest BCUT2D eigenvalue weighted by molar-refractivity contribution is 5.43. The zero-order chi connectivity index (χ0) is 13.8. The van der Waals surface area contributed by atoms with Crippen LogP contribution in [0.4, 0.5) is 5.69 Å². The molecular formula is C14H23N3O2. The first-order chi connectivity index (χ1) is 9.10. The van der Waals surface area contributed by atoms with Crippen LogP contribution in [-0.2, 0) is 6.54 Å². The van der Waals surface area contributed by atoms with Gasteiger partial charge in [-0.2, -0.15) is 5.10 Å². The van der Waals surface area contributed by atoms with Crippen LogP contribution in [0.3, 0.4) is 0 Å². The lowest BCUT2D eigenvalue weighted by molar-refractivity contribution is 0.217. The first-order valence-corrected chi connectivity index (χ1v) is 7.03. The van der Waals surface area contributed by atoms with Gasteiger partial charge in [0.1, 0.15) is 0 Å². The molecule has 2 rings (SSSR count). The predicted molar refractivity (Wildman–Crippen MR) is 75.4 cm³/mol. The Morgan fingerprint density at radius 3 is 2.74 bits per heavy atom. The highest BCUT2D eigenvalue weighted by atomic mass is 16.3.